The van der Waals surface area contributed by atoms with E-state index in [-0.39, 0.29) is 34.8 Å². The van der Waals surface area contributed by atoms with Crippen LogP contribution in [0.3, 0.4) is 0 Å². The summed E-state index contributed by atoms with van der Waals surface area (Å²) in [7, 11) is 1.47. The molecule has 0 radical (unpaired) electrons. The summed E-state index contributed by atoms with van der Waals surface area (Å²) >= 11 is 0. The zero-order chi connectivity index (χ0) is 23.0. The molecule has 0 aliphatic rings. The van der Waals surface area contributed by atoms with Gasteiger partial charge in [0.1, 0.15) is 23.0 Å². The van der Waals surface area contributed by atoms with Crippen molar-refractivity contribution in [2.75, 3.05) is 19.5 Å². The summed E-state index contributed by atoms with van der Waals surface area (Å²) in [6, 6.07) is 11.5. The third-order valence-corrected chi connectivity index (χ3v) is 4.84. The average Bonchev–Trinajstić information content (AvgIpc) is 3.02. The van der Waals surface area contributed by atoms with E-state index in [1.807, 2.05) is 0 Å². The van der Waals surface area contributed by atoms with E-state index in [1.165, 1.54) is 23.8 Å². The molecule has 4 aromatic rings. The van der Waals surface area contributed by atoms with Crippen LogP contribution in [0.2, 0.25) is 0 Å². The summed E-state index contributed by atoms with van der Waals surface area (Å²) in [5.74, 6) is -0.892. The van der Waals surface area contributed by atoms with Crippen LogP contribution in [0, 0.1) is 0 Å². The molecule has 0 saturated heterocycles. The normalized spacial score (nSPS) is 12.9. The van der Waals surface area contributed by atoms with Crippen molar-refractivity contribution >= 4 is 34.0 Å². The minimum absolute atomic E-state index is 0.0707. The van der Waals surface area contributed by atoms with Crippen molar-refractivity contribution < 1.29 is 27.4 Å². The molecule has 10 heteroatoms. The summed E-state index contributed by atoms with van der Waals surface area (Å²) in [5, 5.41) is 0. The van der Waals surface area contributed by atoms with Gasteiger partial charge in [0.25, 0.3) is 0 Å². The lowest BCUT2D eigenvalue weighted by Crippen LogP contribution is -2.20. The predicted molar refractivity (Wildman–Crippen MR) is 113 cm³/mol. The third kappa shape index (κ3) is 3.84. The zero-order valence-electron chi connectivity index (χ0n) is 17.2. The van der Waals surface area contributed by atoms with Crippen molar-refractivity contribution in [2.45, 2.75) is 19.2 Å². The van der Waals surface area contributed by atoms with Gasteiger partial charge in [-0.3, -0.25) is 4.57 Å². The largest absolute Gasteiger partial charge is 0.456 e. The van der Waals surface area contributed by atoms with E-state index in [0.29, 0.717) is 11.0 Å². The van der Waals surface area contributed by atoms with Gasteiger partial charge in [0, 0.05) is 12.8 Å². The Hall–Kier alpha value is -3.66. The molecule has 0 amide bonds. The maximum atomic E-state index is 13.3. The zero-order valence-corrected chi connectivity index (χ0v) is 17.2. The van der Waals surface area contributed by atoms with Gasteiger partial charge in [0.15, 0.2) is 5.65 Å². The van der Waals surface area contributed by atoms with Crippen LogP contribution in [0.1, 0.15) is 22.8 Å². The number of alkyl halides is 3. The summed E-state index contributed by atoms with van der Waals surface area (Å²) in [5.41, 5.74) is 6.73. The molecule has 2 heterocycles. The highest BCUT2D eigenvalue weighted by Gasteiger charge is 2.32. The number of carbonyl (C=O) groups is 1. The van der Waals surface area contributed by atoms with Gasteiger partial charge in [-0.25, -0.2) is 14.8 Å². The van der Waals surface area contributed by atoms with Gasteiger partial charge in [0.2, 0.25) is 0 Å². The van der Waals surface area contributed by atoms with Crippen LogP contribution >= 0.6 is 0 Å². The second-order valence-electron chi connectivity index (χ2n) is 7.20. The molecule has 1 atom stereocenters. The molecule has 0 aliphatic heterocycles. The highest BCUT2D eigenvalue weighted by atomic mass is 19.4. The molecule has 0 aliphatic carbocycles. The third-order valence-electron chi connectivity index (χ3n) is 4.84. The monoisotopic (exact) mass is 444 g/mol. The Morgan fingerprint density at radius 3 is 2.47 bits per heavy atom. The summed E-state index contributed by atoms with van der Waals surface area (Å²) in [6.45, 7) is 1.80. The van der Waals surface area contributed by atoms with Gasteiger partial charge in [-0.05, 0) is 37.3 Å². The van der Waals surface area contributed by atoms with Gasteiger partial charge in [-0.15, -0.1) is 0 Å². The standard InChI is InChI=1S/C22H19F3N4O3/c1-12(11-31-2)32-21(30)17-18-20(28-16-9-4-3-8-15(16)27-18)29(19(17)26)14-7-5-6-13(10-14)22(23,24)25/h3-10,12H,11,26H2,1-2H3. The van der Waals surface area contributed by atoms with E-state index >= 15 is 0 Å². The summed E-state index contributed by atoms with van der Waals surface area (Å²) in [6.07, 6.45) is -5.13. The molecule has 2 aromatic carbocycles. The number of nitrogen functional groups attached to an aromatic ring is 1. The lowest BCUT2D eigenvalue weighted by atomic mass is 10.2. The van der Waals surface area contributed by atoms with Crippen LogP contribution in [-0.4, -0.2) is 40.3 Å². The molecule has 0 saturated carbocycles. The number of carbonyl (C=O) groups excluding carboxylic acids is 1. The maximum Gasteiger partial charge on any atom is 0.416 e. The number of benzene rings is 2. The molecule has 7 nitrogen and oxygen atoms in total. The predicted octanol–water partition coefficient (Wildman–Crippen LogP) is 4.37. The van der Waals surface area contributed by atoms with Crippen LogP contribution in [-0.2, 0) is 15.7 Å². The molecule has 0 spiro atoms. The smallest absolute Gasteiger partial charge is 0.416 e. The SMILES string of the molecule is COCC(C)OC(=O)c1c(N)n(-c2cccc(C(F)(F)F)c2)c2nc3ccccc3nc12. The second-order valence-corrected chi connectivity index (χ2v) is 7.20. The highest BCUT2D eigenvalue weighted by Crippen LogP contribution is 2.35. The van der Waals surface area contributed by atoms with Crippen molar-refractivity contribution in [1.82, 2.24) is 14.5 Å². The van der Waals surface area contributed by atoms with E-state index in [1.54, 1.807) is 31.2 Å². The molecule has 4 rings (SSSR count). The number of esters is 1. The molecule has 32 heavy (non-hydrogen) atoms. The van der Waals surface area contributed by atoms with E-state index in [4.69, 9.17) is 15.2 Å². The van der Waals surface area contributed by atoms with E-state index in [2.05, 4.69) is 9.97 Å². The molecule has 0 bridgehead atoms. The topological polar surface area (TPSA) is 92.3 Å². The van der Waals surface area contributed by atoms with Crippen molar-refractivity contribution in [2.24, 2.45) is 0 Å². The summed E-state index contributed by atoms with van der Waals surface area (Å²) in [4.78, 5) is 22.0. The highest BCUT2D eigenvalue weighted by molar-refractivity contribution is 6.09. The first-order chi connectivity index (χ1) is 15.2. The van der Waals surface area contributed by atoms with Gasteiger partial charge in [-0.2, -0.15) is 13.2 Å². The molecule has 0 fully saturated rings. The van der Waals surface area contributed by atoms with Gasteiger partial charge < -0.3 is 15.2 Å². The van der Waals surface area contributed by atoms with E-state index in [9.17, 15) is 18.0 Å². The number of fused-ring (bicyclic) bond motifs is 2. The Morgan fingerprint density at radius 2 is 1.81 bits per heavy atom. The lowest BCUT2D eigenvalue weighted by Gasteiger charge is -2.13. The Labute approximate surface area is 180 Å². The Bertz CT molecular complexity index is 1320. The van der Waals surface area contributed by atoms with Crippen molar-refractivity contribution in [1.29, 1.82) is 0 Å². The Kier molecular flexibility index (Phi) is 5.47. The number of anilines is 1. The fourth-order valence-electron chi connectivity index (χ4n) is 3.46. The quantitative estimate of drug-likeness (QED) is 0.460. The number of ether oxygens (including phenoxy) is 2. The minimum atomic E-state index is -4.55. The molecule has 2 aromatic heterocycles. The van der Waals surface area contributed by atoms with Crippen molar-refractivity contribution in [3.63, 3.8) is 0 Å². The number of para-hydroxylation sites is 2. The number of halogens is 3. The number of hydrogen-bond donors (Lipinski definition) is 1. The number of nitrogens with zero attached hydrogens (tertiary/aromatic N) is 3. The van der Waals surface area contributed by atoms with E-state index < -0.39 is 23.8 Å². The first-order valence-corrected chi connectivity index (χ1v) is 9.65. The van der Waals surface area contributed by atoms with Crippen molar-refractivity contribution in [3.05, 3.63) is 59.7 Å². The molecular formula is C22H19F3N4O3. The van der Waals surface area contributed by atoms with Gasteiger partial charge in [-0.1, -0.05) is 18.2 Å². The number of nitrogens with two attached hydrogens (primary N) is 1. The molecule has 2 N–H and O–H groups in total. The fraction of sp³-hybridized carbons (Fsp3) is 0.227. The first kappa shape index (κ1) is 21.6. The van der Waals surface area contributed by atoms with Crippen molar-refractivity contribution in [3.8, 4) is 5.69 Å². The minimum Gasteiger partial charge on any atom is -0.456 e. The number of methoxy groups -OCH3 is 1. The molecular weight excluding hydrogens is 425 g/mol. The van der Waals surface area contributed by atoms with Crippen LogP contribution < -0.4 is 5.73 Å². The number of aromatic nitrogens is 3. The van der Waals surface area contributed by atoms with Crippen LogP contribution in [0.4, 0.5) is 19.0 Å². The summed E-state index contributed by atoms with van der Waals surface area (Å²) < 4.78 is 51.6. The average molecular weight is 444 g/mol. The fourth-order valence-corrected chi connectivity index (χ4v) is 3.46. The van der Waals surface area contributed by atoms with Crippen LogP contribution in [0.25, 0.3) is 27.9 Å². The van der Waals surface area contributed by atoms with Crippen LogP contribution in [0.15, 0.2) is 48.5 Å². The molecule has 166 valence electrons. The van der Waals surface area contributed by atoms with E-state index in [0.717, 1.165) is 12.1 Å². The first-order valence-electron chi connectivity index (χ1n) is 9.65. The number of rotatable bonds is 5. The van der Waals surface area contributed by atoms with Crippen LogP contribution in [0.5, 0.6) is 0 Å². The lowest BCUT2D eigenvalue weighted by molar-refractivity contribution is -0.137. The second kappa shape index (κ2) is 8.12. The maximum absolute atomic E-state index is 13.3. The van der Waals surface area contributed by atoms with Gasteiger partial charge >= 0.3 is 12.1 Å². The Balaban J connectivity index is 1.98. The molecule has 1 unspecified atom stereocenters. The number of hydrogen-bond acceptors (Lipinski definition) is 6. The van der Waals surface area contributed by atoms with Gasteiger partial charge in [0.05, 0.1) is 23.2 Å². The Morgan fingerprint density at radius 1 is 1.12 bits per heavy atom.